The molecular weight excluding hydrogens is 400 g/mol. The molecule has 0 saturated heterocycles. The lowest BCUT2D eigenvalue weighted by molar-refractivity contribution is -0.122. The lowest BCUT2D eigenvalue weighted by Gasteiger charge is -2.21. The van der Waals surface area contributed by atoms with E-state index in [1.807, 2.05) is 42.1 Å². The lowest BCUT2D eigenvalue weighted by atomic mass is 10.0. The first-order valence-electron chi connectivity index (χ1n) is 10.0. The Hall–Kier alpha value is -3.37. The van der Waals surface area contributed by atoms with Crippen LogP contribution in [0.5, 0.6) is 0 Å². The van der Waals surface area contributed by atoms with Crippen LogP contribution in [0, 0.1) is 0 Å². The molecule has 1 atom stereocenters. The van der Waals surface area contributed by atoms with E-state index in [1.54, 1.807) is 13.3 Å². The highest BCUT2D eigenvalue weighted by atomic mass is 16.5. The molecule has 3 rings (SSSR count). The molecule has 0 spiro atoms. The molecule has 1 aliphatic heterocycles. The van der Waals surface area contributed by atoms with E-state index in [-0.39, 0.29) is 24.1 Å². The molecule has 2 amide bonds. The number of nitrogens with one attached hydrogen (secondary N) is 3. The van der Waals surface area contributed by atoms with Crippen LogP contribution in [0.3, 0.4) is 0 Å². The third-order valence-corrected chi connectivity index (χ3v) is 4.85. The van der Waals surface area contributed by atoms with Crippen molar-refractivity contribution in [3.05, 3.63) is 53.6 Å². The molecule has 2 aromatic rings. The first-order valence-corrected chi connectivity index (χ1v) is 10.0. The number of ether oxygens (including phenoxy) is 2. The van der Waals surface area contributed by atoms with Gasteiger partial charge in [-0.1, -0.05) is 18.2 Å². The second-order valence-corrected chi connectivity index (χ2v) is 7.07. The van der Waals surface area contributed by atoms with E-state index in [0.29, 0.717) is 26.4 Å². The maximum absolute atomic E-state index is 12.5. The zero-order chi connectivity index (χ0) is 22.2. The molecule has 0 aliphatic carbocycles. The van der Waals surface area contributed by atoms with Gasteiger partial charge < -0.3 is 31.2 Å². The number of hydrogen-bond acceptors (Lipinski definition) is 7. The van der Waals surface area contributed by atoms with Gasteiger partial charge in [-0.05, 0) is 24.1 Å². The number of carbonyl (C=O) groups excluding carboxylic acids is 2. The quantitative estimate of drug-likeness (QED) is 0.399. The Kier molecular flexibility index (Phi) is 7.63. The van der Waals surface area contributed by atoms with E-state index in [1.165, 1.54) is 0 Å². The predicted molar refractivity (Wildman–Crippen MR) is 114 cm³/mol. The number of aromatic nitrogens is 2. The molecule has 0 radical (unpaired) electrons. The Morgan fingerprint density at radius 1 is 1.29 bits per heavy atom. The van der Waals surface area contributed by atoms with Crippen molar-refractivity contribution in [1.29, 1.82) is 0 Å². The van der Waals surface area contributed by atoms with E-state index in [4.69, 9.17) is 15.2 Å². The first-order chi connectivity index (χ1) is 15.0. The lowest BCUT2D eigenvalue weighted by Crippen LogP contribution is -2.48. The van der Waals surface area contributed by atoms with Gasteiger partial charge in [0.05, 0.1) is 45.3 Å². The predicted octanol–water partition coefficient (Wildman–Crippen LogP) is 0.238. The highest BCUT2D eigenvalue weighted by Crippen LogP contribution is 2.23. The number of amides is 2. The number of hydrogen-bond donors (Lipinski definition) is 4. The van der Waals surface area contributed by atoms with E-state index < -0.39 is 11.8 Å². The number of benzene rings is 1. The van der Waals surface area contributed by atoms with Gasteiger partial charge in [-0.15, -0.1) is 0 Å². The Balaban J connectivity index is 1.63. The fourth-order valence-corrected chi connectivity index (χ4v) is 3.10. The van der Waals surface area contributed by atoms with Gasteiger partial charge in [-0.2, -0.15) is 5.10 Å². The topological polar surface area (TPSA) is 133 Å². The summed E-state index contributed by atoms with van der Waals surface area (Å²) in [6.45, 7) is 4.36. The second kappa shape index (κ2) is 10.6. The van der Waals surface area contributed by atoms with Crippen LogP contribution < -0.4 is 21.7 Å². The monoisotopic (exact) mass is 428 g/mol. The number of nitrogens with zero attached hydrogens (tertiary/aromatic N) is 2. The maximum atomic E-state index is 12.5. The summed E-state index contributed by atoms with van der Waals surface area (Å²) < 4.78 is 12.3. The van der Waals surface area contributed by atoms with Crippen molar-refractivity contribution >= 4 is 11.8 Å². The van der Waals surface area contributed by atoms with Crippen LogP contribution in [-0.4, -0.2) is 55.2 Å². The van der Waals surface area contributed by atoms with Gasteiger partial charge in [0.25, 0.3) is 11.8 Å². The molecule has 0 bridgehead atoms. The average molecular weight is 428 g/mol. The van der Waals surface area contributed by atoms with Crippen molar-refractivity contribution < 1.29 is 19.1 Å². The Labute approximate surface area is 180 Å². The minimum absolute atomic E-state index is 0.0840. The molecule has 5 N–H and O–H groups in total. The standard InChI is InChI=1S/C21H28N6O4/c1-14(26-21(29)19-18(22)20(28)24-13-23-19)15-4-3-5-16(10-15)17-11-25-27(12-17)6-7-31-9-8-30-2/h3-5,10-12,14,23H,6-9,13,22H2,1-2H3,(H,24,28)(H,26,29)/t14-/m1/s1. The molecule has 2 heterocycles. The van der Waals surface area contributed by atoms with Crippen LogP contribution >= 0.6 is 0 Å². The van der Waals surface area contributed by atoms with Crippen LogP contribution in [0.2, 0.25) is 0 Å². The summed E-state index contributed by atoms with van der Waals surface area (Å²) in [4.78, 5) is 24.2. The number of carbonyl (C=O) groups is 2. The van der Waals surface area contributed by atoms with Gasteiger partial charge in [0, 0.05) is 18.9 Å². The molecule has 0 unspecified atom stereocenters. The van der Waals surface area contributed by atoms with Crippen LogP contribution in [0.25, 0.3) is 11.1 Å². The Bertz CT molecular complexity index is 955. The van der Waals surface area contributed by atoms with Crippen LogP contribution in [0.1, 0.15) is 18.5 Å². The van der Waals surface area contributed by atoms with E-state index in [2.05, 4.69) is 21.0 Å². The fraction of sp³-hybridized carbons (Fsp3) is 0.381. The highest BCUT2D eigenvalue weighted by molar-refractivity contribution is 6.04. The fourth-order valence-electron chi connectivity index (χ4n) is 3.10. The third kappa shape index (κ3) is 5.83. The molecule has 10 heteroatoms. The van der Waals surface area contributed by atoms with E-state index >= 15 is 0 Å². The first kappa shape index (κ1) is 22.3. The molecular formula is C21H28N6O4. The summed E-state index contributed by atoms with van der Waals surface area (Å²) >= 11 is 0. The summed E-state index contributed by atoms with van der Waals surface area (Å²) in [5.74, 6) is -0.883. The van der Waals surface area contributed by atoms with Crippen molar-refractivity contribution in [3.63, 3.8) is 0 Å². The molecule has 0 saturated carbocycles. The van der Waals surface area contributed by atoms with E-state index in [9.17, 15) is 9.59 Å². The summed E-state index contributed by atoms with van der Waals surface area (Å²) in [5.41, 5.74) is 8.55. The Morgan fingerprint density at radius 3 is 2.94 bits per heavy atom. The smallest absolute Gasteiger partial charge is 0.270 e. The molecule has 10 nitrogen and oxygen atoms in total. The molecule has 31 heavy (non-hydrogen) atoms. The zero-order valence-electron chi connectivity index (χ0n) is 17.7. The van der Waals surface area contributed by atoms with Crippen molar-refractivity contribution in [2.24, 2.45) is 5.73 Å². The summed E-state index contributed by atoms with van der Waals surface area (Å²) in [6.07, 6.45) is 3.76. The van der Waals surface area contributed by atoms with Crippen molar-refractivity contribution in [2.75, 3.05) is 33.6 Å². The van der Waals surface area contributed by atoms with Crippen molar-refractivity contribution in [3.8, 4) is 11.1 Å². The number of methoxy groups -OCH3 is 1. The third-order valence-electron chi connectivity index (χ3n) is 4.85. The van der Waals surface area contributed by atoms with E-state index in [0.717, 1.165) is 16.7 Å². The van der Waals surface area contributed by atoms with Crippen LogP contribution in [0.4, 0.5) is 0 Å². The summed E-state index contributed by atoms with van der Waals surface area (Å²) in [6, 6.07) is 7.56. The largest absolute Gasteiger partial charge is 0.392 e. The minimum Gasteiger partial charge on any atom is -0.392 e. The zero-order valence-corrected chi connectivity index (χ0v) is 17.7. The normalized spacial score (nSPS) is 14.7. The van der Waals surface area contributed by atoms with Crippen molar-refractivity contribution in [2.45, 2.75) is 19.5 Å². The highest BCUT2D eigenvalue weighted by Gasteiger charge is 2.23. The summed E-state index contributed by atoms with van der Waals surface area (Å²) in [5, 5.41) is 12.6. The molecule has 1 aromatic carbocycles. The van der Waals surface area contributed by atoms with Crippen LogP contribution in [0.15, 0.2) is 48.1 Å². The molecule has 0 fully saturated rings. The van der Waals surface area contributed by atoms with Crippen molar-refractivity contribution in [1.82, 2.24) is 25.7 Å². The van der Waals surface area contributed by atoms with Gasteiger partial charge >= 0.3 is 0 Å². The van der Waals surface area contributed by atoms with Gasteiger partial charge in [-0.3, -0.25) is 14.3 Å². The molecule has 1 aliphatic rings. The van der Waals surface area contributed by atoms with Crippen LogP contribution in [-0.2, 0) is 25.6 Å². The second-order valence-electron chi connectivity index (χ2n) is 7.07. The maximum Gasteiger partial charge on any atom is 0.270 e. The summed E-state index contributed by atoms with van der Waals surface area (Å²) in [7, 11) is 1.64. The SMILES string of the molecule is COCCOCCn1cc(-c2cccc([C@@H](C)NC(=O)C3=C(N)C(=O)NCN3)c2)cn1. The van der Waals surface area contributed by atoms with Gasteiger partial charge in [-0.25, -0.2) is 0 Å². The Morgan fingerprint density at radius 2 is 2.13 bits per heavy atom. The molecule has 166 valence electrons. The van der Waals surface area contributed by atoms with Gasteiger partial charge in [0.2, 0.25) is 0 Å². The van der Waals surface area contributed by atoms with Gasteiger partial charge in [0.1, 0.15) is 11.4 Å². The number of rotatable bonds is 10. The average Bonchev–Trinajstić information content (AvgIpc) is 3.24. The van der Waals surface area contributed by atoms with Gasteiger partial charge in [0.15, 0.2) is 0 Å². The minimum atomic E-state index is -0.459. The number of nitrogens with two attached hydrogens (primary N) is 1. The molecule has 1 aromatic heterocycles.